The van der Waals surface area contributed by atoms with Crippen molar-refractivity contribution >= 4 is 11.9 Å². The van der Waals surface area contributed by atoms with Gasteiger partial charge in [-0.05, 0) is 54.8 Å². The number of ether oxygens (including phenoxy) is 1. The predicted molar refractivity (Wildman–Crippen MR) is 118 cm³/mol. The molecule has 1 saturated carbocycles. The number of benzene rings is 3. The number of hydrogen-bond donors (Lipinski definition) is 1. The molecular weight excluding hydrogens is 412 g/mol. The third kappa shape index (κ3) is 5.02. The van der Waals surface area contributed by atoms with E-state index in [-0.39, 0.29) is 22.9 Å². The Morgan fingerprint density at radius 2 is 1.62 bits per heavy atom. The van der Waals surface area contributed by atoms with Crippen molar-refractivity contribution < 1.29 is 23.1 Å². The number of carbonyl (C=O) groups excluding carboxylic acids is 2. The standard InChI is InChI=1S/C26H23F2NO3/c27-19-12-13-21(23(28)16-19)18-11-14-24(32-26(31)17-7-3-1-4-8-17)22(15-18)25(30)29-20-9-5-2-6-10-20/h1,3-4,7-8,11-16,20H,2,5-6,9-10H2,(H,29,30). The summed E-state index contributed by atoms with van der Waals surface area (Å²) in [6, 6.07) is 16.2. The first-order chi connectivity index (χ1) is 15.5. The largest absolute Gasteiger partial charge is 0.422 e. The molecule has 0 bridgehead atoms. The van der Waals surface area contributed by atoms with Gasteiger partial charge in [0.2, 0.25) is 0 Å². The molecule has 164 valence electrons. The lowest BCUT2D eigenvalue weighted by Crippen LogP contribution is -2.36. The normalized spacial score (nSPS) is 14.1. The summed E-state index contributed by atoms with van der Waals surface area (Å²) in [4.78, 5) is 25.7. The van der Waals surface area contributed by atoms with Gasteiger partial charge in [-0.2, -0.15) is 0 Å². The summed E-state index contributed by atoms with van der Waals surface area (Å²) < 4.78 is 33.2. The minimum Gasteiger partial charge on any atom is -0.422 e. The highest BCUT2D eigenvalue weighted by molar-refractivity contribution is 6.00. The zero-order valence-electron chi connectivity index (χ0n) is 17.4. The number of nitrogens with one attached hydrogen (secondary N) is 1. The zero-order chi connectivity index (χ0) is 22.5. The predicted octanol–water partition coefficient (Wildman–Crippen LogP) is 5.91. The first-order valence-corrected chi connectivity index (χ1v) is 10.7. The molecule has 0 saturated heterocycles. The average Bonchev–Trinajstić information content (AvgIpc) is 2.80. The maximum atomic E-state index is 14.3. The zero-order valence-corrected chi connectivity index (χ0v) is 17.4. The minimum absolute atomic E-state index is 0.0418. The van der Waals surface area contributed by atoms with E-state index in [1.54, 1.807) is 36.4 Å². The van der Waals surface area contributed by atoms with Crippen LogP contribution in [0.25, 0.3) is 11.1 Å². The van der Waals surface area contributed by atoms with Crippen molar-refractivity contribution in [3.8, 4) is 16.9 Å². The van der Waals surface area contributed by atoms with Gasteiger partial charge in [0.15, 0.2) is 0 Å². The van der Waals surface area contributed by atoms with Crippen LogP contribution in [0.1, 0.15) is 52.8 Å². The van der Waals surface area contributed by atoms with E-state index in [2.05, 4.69) is 5.32 Å². The first-order valence-electron chi connectivity index (χ1n) is 10.7. The lowest BCUT2D eigenvalue weighted by atomic mass is 9.95. The van der Waals surface area contributed by atoms with Crippen molar-refractivity contribution in [1.29, 1.82) is 0 Å². The van der Waals surface area contributed by atoms with Crippen molar-refractivity contribution in [2.24, 2.45) is 0 Å². The Hall–Kier alpha value is -3.54. The maximum absolute atomic E-state index is 14.3. The Bertz CT molecular complexity index is 1130. The topological polar surface area (TPSA) is 55.4 Å². The molecule has 0 spiro atoms. The van der Waals surface area contributed by atoms with Gasteiger partial charge in [-0.3, -0.25) is 4.79 Å². The van der Waals surface area contributed by atoms with Crippen molar-refractivity contribution in [2.45, 2.75) is 38.1 Å². The summed E-state index contributed by atoms with van der Waals surface area (Å²) >= 11 is 0. The average molecular weight is 435 g/mol. The number of amides is 1. The van der Waals surface area contributed by atoms with Crippen molar-refractivity contribution in [3.05, 3.63) is 89.5 Å². The maximum Gasteiger partial charge on any atom is 0.343 e. The quantitative estimate of drug-likeness (QED) is 0.400. The first kappa shape index (κ1) is 21.7. The van der Waals surface area contributed by atoms with E-state index in [9.17, 15) is 18.4 Å². The monoisotopic (exact) mass is 435 g/mol. The van der Waals surface area contributed by atoms with Gasteiger partial charge in [-0.25, -0.2) is 13.6 Å². The second-order valence-electron chi connectivity index (χ2n) is 7.90. The van der Waals surface area contributed by atoms with Crippen molar-refractivity contribution in [1.82, 2.24) is 5.32 Å². The Labute approximate surface area is 185 Å². The van der Waals surface area contributed by atoms with Crippen LogP contribution < -0.4 is 10.1 Å². The fourth-order valence-corrected chi connectivity index (χ4v) is 3.93. The van der Waals surface area contributed by atoms with Gasteiger partial charge in [0, 0.05) is 17.7 Å². The van der Waals surface area contributed by atoms with Crippen LogP contribution in [0.4, 0.5) is 8.78 Å². The molecule has 1 aliphatic carbocycles. The van der Waals surface area contributed by atoms with E-state index in [1.807, 2.05) is 0 Å². The van der Waals surface area contributed by atoms with E-state index < -0.39 is 23.5 Å². The van der Waals surface area contributed by atoms with Gasteiger partial charge in [-0.1, -0.05) is 43.5 Å². The minimum atomic E-state index is -0.738. The molecule has 1 amide bonds. The van der Waals surface area contributed by atoms with Crippen LogP contribution in [0.2, 0.25) is 0 Å². The van der Waals surface area contributed by atoms with Gasteiger partial charge in [0.05, 0.1) is 11.1 Å². The molecule has 32 heavy (non-hydrogen) atoms. The Kier molecular flexibility index (Phi) is 6.59. The summed E-state index contributed by atoms with van der Waals surface area (Å²) in [7, 11) is 0. The van der Waals surface area contributed by atoms with Crippen LogP contribution in [0.15, 0.2) is 66.7 Å². The highest BCUT2D eigenvalue weighted by atomic mass is 19.1. The molecule has 4 rings (SSSR count). The summed E-state index contributed by atoms with van der Waals surface area (Å²) in [6.45, 7) is 0. The van der Waals surface area contributed by atoms with Crippen LogP contribution in [0.3, 0.4) is 0 Å². The molecule has 4 nitrogen and oxygen atoms in total. The van der Waals surface area contributed by atoms with Gasteiger partial charge in [0.1, 0.15) is 17.4 Å². The van der Waals surface area contributed by atoms with Crippen LogP contribution in [-0.2, 0) is 0 Å². The molecule has 0 aliphatic heterocycles. The van der Waals surface area contributed by atoms with Gasteiger partial charge < -0.3 is 10.1 Å². The van der Waals surface area contributed by atoms with E-state index in [4.69, 9.17) is 4.74 Å². The van der Waals surface area contributed by atoms with Crippen LogP contribution in [-0.4, -0.2) is 17.9 Å². The summed E-state index contributed by atoms with van der Waals surface area (Å²) in [6.07, 6.45) is 5.00. The van der Waals surface area contributed by atoms with Crippen LogP contribution in [0, 0.1) is 11.6 Å². The smallest absolute Gasteiger partial charge is 0.343 e. The van der Waals surface area contributed by atoms with Crippen LogP contribution >= 0.6 is 0 Å². The Morgan fingerprint density at radius 1 is 0.875 bits per heavy atom. The number of halogens is 2. The molecule has 0 aromatic heterocycles. The number of esters is 1. The molecular formula is C26H23F2NO3. The lowest BCUT2D eigenvalue weighted by molar-refractivity contribution is 0.0731. The van der Waals surface area contributed by atoms with Crippen LogP contribution in [0.5, 0.6) is 5.75 Å². The molecule has 1 N–H and O–H groups in total. The van der Waals surface area contributed by atoms with Gasteiger partial charge in [0.25, 0.3) is 5.91 Å². The lowest BCUT2D eigenvalue weighted by Gasteiger charge is -2.23. The number of carbonyl (C=O) groups is 2. The van der Waals surface area contributed by atoms with E-state index in [1.165, 1.54) is 18.2 Å². The third-order valence-corrected chi connectivity index (χ3v) is 5.62. The second kappa shape index (κ2) is 9.73. The molecule has 0 radical (unpaired) electrons. The molecule has 6 heteroatoms. The van der Waals surface area contributed by atoms with E-state index in [0.29, 0.717) is 11.1 Å². The van der Waals surface area contributed by atoms with Crippen molar-refractivity contribution in [2.75, 3.05) is 0 Å². The number of rotatable bonds is 5. The summed E-state index contributed by atoms with van der Waals surface area (Å²) in [5.74, 6) is -2.33. The van der Waals surface area contributed by atoms with E-state index in [0.717, 1.165) is 44.2 Å². The highest BCUT2D eigenvalue weighted by Gasteiger charge is 2.22. The molecule has 0 unspecified atom stereocenters. The fourth-order valence-electron chi connectivity index (χ4n) is 3.93. The Balaban J connectivity index is 1.67. The molecule has 1 fully saturated rings. The highest BCUT2D eigenvalue weighted by Crippen LogP contribution is 2.30. The van der Waals surface area contributed by atoms with Gasteiger partial charge in [-0.15, -0.1) is 0 Å². The summed E-state index contributed by atoms with van der Waals surface area (Å²) in [5, 5.41) is 3.01. The van der Waals surface area contributed by atoms with Crippen molar-refractivity contribution in [3.63, 3.8) is 0 Å². The molecule has 3 aromatic carbocycles. The molecule has 0 heterocycles. The SMILES string of the molecule is O=C(Oc1ccc(-c2ccc(F)cc2F)cc1C(=O)NC1CCCCC1)c1ccccc1. The molecule has 0 atom stereocenters. The second-order valence-corrected chi connectivity index (χ2v) is 7.90. The third-order valence-electron chi connectivity index (χ3n) is 5.62. The number of hydrogen-bond acceptors (Lipinski definition) is 3. The Morgan fingerprint density at radius 3 is 2.34 bits per heavy atom. The fraction of sp³-hybridized carbons (Fsp3) is 0.231. The van der Waals surface area contributed by atoms with Gasteiger partial charge >= 0.3 is 5.97 Å². The summed E-state index contributed by atoms with van der Waals surface area (Å²) in [5.41, 5.74) is 1.01. The van der Waals surface area contributed by atoms with E-state index >= 15 is 0 Å². The molecule has 3 aromatic rings. The molecule has 1 aliphatic rings.